The zero-order chi connectivity index (χ0) is 12.2. The quantitative estimate of drug-likeness (QED) is 0.409. The Balaban J connectivity index is 2.72. The molecule has 0 unspecified atom stereocenters. The standard InChI is InChI=1S/C9H9F3N4/c10-9(11,12)7-3-1-6(2-4-7)5-15-16-8(13)14/h1-5H,(H4,13,14,16). The number of hydrogen-bond donors (Lipinski definition) is 3. The monoisotopic (exact) mass is 230 g/mol. The van der Waals surface area contributed by atoms with E-state index in [0.29, 0.717) is 5.56 Å². The minimum absolute atomic E-state index is 0.344. The van der Waals surface area contributed by atoms with Gasteiger partial charge < -0.3 is 5.73 Å². The molecule has 0 fully saturated rings. The van der Waals surface area contributed by atoms with Gasteiger partial charge in [0.2, 0.25) is 5.96 Å². The summed E-state index contributed by atoms with van der Waals surface area (Å²) in [5, 5.41) is 10.3. The van der Waals surface area contributed by atoms with Crippen LogP contribution in [0.1, 0.15) is 11.1 Å². The maximum Gasteiger partial charge on any atom is 0.416 e. The van der Waals surface area contributed by atoms with Crippen LogP contribution in [0.5, 0.6) is 0 Å². The van der Waals surface area contributed by atoms with E-state index in [9.17, 15) is 13.2 Å². The second-order valence-electron chi connectivity index (χ2n) is 2.90. The Morgan fingerprint density at radius 1 is 1.31 bits per heavy atom. The third-order valence-electron chi connectivity index (χ3n) is 1.64. The van der Waals surface area contributed by atoms with Crippen LogP contribution in [-0.2, 0) is 6.18 Å². The average Bonchev–Trinajstić information content (AvgIpc) is 2.16. The number of alkyl halides is 3. The molecule has 0 aromatic heterocycles. The van der Waals surface area contributed by atoms with Crippen LogP contribution in [0.15, 0.2) is 29.4 Å². The summed E-state index contributed by atoms with van der Waals surface area (Å²) in [6.07, 6.45) is -3.07. The molecule has 0 spiro atoms. The SMILES string of the molecule is N=C(N)NN=Cc1ccc(C(F)(F)F)cc1. The second-order valence-corrected chi connectivity index (χ2v) is 2.90. The first-order chi connectivity index (χ1) is 7.39. The number of nitrogens with zero attached hydrogens (tertiary/aromatic N) is 1. The summed E-state index contributed by atoms with van der Waals surface area (Å²) in [5.74, 6) is -0.344. The third kappa shape index (κ3) is 3.60. The van der Waals surface area contributed by atoms with Gasteiger partial charge in [-0.1, -0.05) is 12.1 Å². The first kappa shape index (κ1) is 12.0. The fraction of sp³-hybridized carbons (Fsp3) is 0.111. The summed E-state index contributed by atoms with van der Waals surface area (Å²) >= 11 is 0. The largest absolute Gasteiger partial charge is 0.416 e. The number of guanidine groups is 1. The van der Waals surface area contributed by atoms with Gasteiger partial charge in [-0.2, -0.15) is 18.3 Å². The molecule has 86 valence electrons. The van der Waals surface area contributed by atoms with Gasteiger partial charge in [0.05, 0.1) is 11.8 Å². The van der Waals surface area contributed by atoms with Crippen LogP contribution in [0.2, 0.25) is 0 Å². The van der Waals surface area contributed by atoms with E-state index in [1.807, 2.05) is 0 Å². The number of nitrogens with two attached hydrogens (primary N) is 1. The van der Waals surface area contributed by atoms with Crippen molar-refractivity contribution in [3.63, 3.8) is 0 Å². The van der Waals surface area contributed by atoms with Gasteiger partial charge in [0.1, 0.15) is 0 Å². The van der Waals surface area contributed by atoms with Crippen LogP contribution in [-0.4, -0.2) is 12.2 Å². The van der Waals surface area contributed by atoms with E-state index in [0.717, 1.165) is 12.1 Å². The molecule has 1 aromatic rings. The molecule has 4 N–H and O–H groups in total. The summed E-state index contributed by atoms with van der Waals surface area (Å²) in [6, 6.07) is 4.45. The number of hydrazone groups is 1. The van der Waals surface area contributed by atoms with Crippen molar-refractivity contribution in [2.45, 2.75) is 6.18 Å². The van der Waals surface area contributed by atoms with E-state index in [-0.39, 0.29) is 5.96 Å². The van der Waals surface area contributed by atoms with E-state index in [2.05, 4.69) is 10.5 Å². The zero-order valence-corrected chi connectivity index (χ0v) is 8.05. The van der Waals surface area contributed by atoms with Crippen molar-refractivity contribution in [2.75, 3.05) is 0 Å². The highest BCUT2D eigenvalue weighted by Crippen LogP contribution is 2.28. The molecule has 0 bridgehead atoms. The van der Waals surface area contributed by atoms with Crippen LogP contribution in [0.25, 0.3) is 0 Å². The first-order valence-corrected chi connectivity index (χ1v) is 4.20. The van der Waals surface area contributed by atoms with Gasteiger partial charge in [0, 0.05) is 0 Å². The fourth-order valence-electron chi connectivity index (χ4n) is 0.935. The maximum absolute atomic E-state index is 12.2. The molecule has 1 aromatic carbocycles. The molecule has 0 heterocycles. The van der Waals surface area contributed by atoms with E-state index in [1.54, 1.807) is 0 Å². The van der Waals surface area contributed by atoms with Crippen molar-refractivity contribution >= 4 is 12.2 Å². The summed E-state index contributed by atoms with van der Waals surface area (Å²) < 4.78 is 36.6. The third-order valence-corrected chi connectivity index (χ3v) is 1.64. The molecule has 0 saturated heterocycles. The molecule has 7 heteroatoms. The van der Waals surface area contributed by atoms with E-state index >= 15 is 0 Å². The van der Waals surface area contributed by atoms with Crippen molar-refractivity contribution in [3.8, 4) is 0 Å². The molecule has 0 aliphatic carbocycles. The van der Waals surface area contributed by atoms with Crippen LogP contribution < -0.4 is 11.2 Å². The van der Waals surface area contributed by atoms with Gasteiger partial charge in [-0.15, -0.1) is 0 Å². The van der Waals surface area contributed by atoms with Crippen LogP contribution in [0.3, 0.4) is 0 Å². The lowest BCUT2D eigenvalue weighted by Gasteiger charge is -2.05. The van der Waals surface area contributed by atoms with Gasteiger partial charge in [0.25, 0.3) is 0 Å². The van der Waals surface area contributed by atoms with E-state index in [1.165, 1.54) is 18.3 Å². The summed E-state index contributed by atoms with van der Waals surface area (Å²) in [7, 11) is 0. The Morgan fingerprint density at radius 2 is 1.88 bits per heavy atom. The molecular formula is C9H9F3N4. The molecule has 1 rings (SSSR count). The van der Waals surface area contributed by atoms with Crippen LogP contribution >= 0.6 is 0 Å². The molecule has 0 aliphatic rings. The highest BCUT2D eigenvalue weighted by Gasteiger charge is 2.29. The molecule has 0 amide bonds. The summed E-state index contributed by atoms with van der Waals surface area (Å²) in [6.45, 7) is 0. The van der Waals surface area contributed by atoms with Gasteiger partial charge in [-0.3, -0.25) is 5.41 Å². The van der Waals surface area contributed by atoms with Crippen molar-refractivity contribution in [3.05, 3.63) is 35.4 Å². The lowest BCUT2D eigenvalue weighted by molar-refractivity contribution is -0.137. The molecule has 0 aliphatic heterocycles. The first-order valence-electron chi connectivity index (χ1n) is 4.20. The predicted molar refractivity (Wildman–Crippen MR) is 54.1 cm³/mol. The molecule has 0 radical (unpaired) electrons. The van der Waals surface area contributed by atoms with Crippen molar-refractivity contribution in [2.24, 2.45) is 10.8 Å². The van der Waals surface area contributed by atoms with Crippen molar-refractivity contribution in [1.29, 1.82) is 5.41 Å². The molecule has 0 atom stereocenters. The van der Waals surface area contributed by atoms with E-state index in [4.69, 9.17) is 11.1 Å². The Morgan fingerprint density at radius 3 is 2.31 bits per heavy atom. The van der Waals surface area contributed by atoms with Crippen LogP contribution in [0, 0.1) is 5.41 Å². The zero-order valence-electron chi connectivity index (χ0n) is 8.05. The smallest absolute Gasteiger partial charge is 0.369 e. The van der Waals surface area contributed by atoms with Gasteiger partial charge in [-0.05, 0) is 17.7 Å². The normalized spacial score (nSPS) is 11.7. The highest BCUT2D eigenvalue weighted by molar-refractivity contribution is 5.81. The van der Waals surface area contributed by atoms with Crippen molar-refractivity contribution in [1.82, 2.24) is 5.43 Å². The Hall–Kier alpha value is -2.05. The summed E-state index contributed by atoms with van der Waals surface area (Å²) in [4.78, 5) is 0. The lowest BCUT2D eigenvalue weighted by Crippen LogP contribution is -2.25. The molecule has 4 nitrogen and oxygen atoms in total. The van der Waals surface area contributed by atoms with Crippen molar-refractivity contribution < 1.29 is 13.2 Å². The number of hydrogen-bond acceptors (Lipinski definition) is 2. The predicted octanol–water partition coefficient (Wildman–Crippen LogP) is 1.52. The Kier molecular flexibility index (Phi) is 3.49. The van der Waals surface area contributed by atoms with Gasteiger partial charge in [-0.25, -0.2) is 5.43 Å². The van der Waals surface area contributed by atoms with Crippen LogP contribution in [0.4, 0.5) is 13.2 Å². The minimum atomic E-state index is -4.34. The average molecular weight is 230 g/mol. The number of nitrogens with one attached hydrogen (secondary N) is 2. The number of halogens is 3. The minimum Gasteiger partial charge on any atom is -0.369 e. The fourth-order valence-corrected chi connectivity index (χ4v) is 0.935. The molecular weight excluding hydrogens is 221 g/mol. The molecule has 16 heavy (non-hydrogen) atoms. The van der Waals surface area contributed by atoms with E-state index < -0.39 is 11.7 Å². The number of benzene rings is 1. The van der Waals surface area contributed by atoms with Gasteiger partial charge >= 0.3 is 6.18 Å². The topological polar surface area (TPSA) is 74.3 Å². The molecule has 0 saturated carbocycles. The second kappa shape index (κ2) is 4.65. The maximum atomic E-state index is 12.2. The lowest BCUT2D eigenvalue weighted by atomic mass is 10.1. The Labute approximate surface area is 89.5 Å². The number of rotatable bonds is 2. The Bertz CT molecular complexity index is 394. The highest BCUT2D eigenvalue weighted by atomic mass is 19.4. The van der Waals surface area contributed by atoms with Gasteiger partial charge in [0.15, 0.2) is 0 Å². The summed E-state index contributed by atoms with van der Waals surface area (Å²) in [5.41, 5.74) is 6.85.